The molecule has 0 amide bonds. The molecule has 7 nitrogen and oxygen atoms in total. The Morgan fingerprint density at radius 2 is 2.03 bits per heavy atom. The quantitative estimate of drug-likeness (QED) is 0.465. The lowest BCUT2D eigenvalue weighted by Crippen LogP contribution is -2.34. The van der Waals surface area contributed by atoms with Crippen molar-refractivity contribution in [1.82, 2.24) is 29.7 Å². The van der Waals surface area contributed by atoms with Gasteiger partial charge in [0.2, 0.25) is 6.54 Å². The van der Waals surface area contributed by atoms with E-state index in [1.54, 1.807) is 6.33 Å². The molecule has 0 atom stereocenters. The van der Waals surface area contributed by atoms with Crippen LogP contribution >= 0.6 is 0 Å². The van der Waals surface area contributed by atoms with Crippen LogP contribution in [0.4, 0.5) is 0 Å². The minimum atomic E-state index is 0.388. The van der Waals surface area contributed by atoms with Crippen molar-refractivity contribution < 1.29 is 0 Å². The van der Waals surface area contributed by atoms with E-state index in [9.17, 15) is 0 Å². The third-order valence-electron chi connectivity index (χ3n) is 6.77. The number of nitrogens with one attached hydrogen (secondary N) is 1. The van der Waals surface area contributed by atoms with Gasteiger partial charge in [0.15, 0.2) is 5.65 Å². The molecule has 1 saturated heterocycles. The van der Waals surface area contributed by atoms with E-state index in [1.807, 2.05) is 4.52 Å². The van der Waals surface area contributed by atoms with Gasteiger partial charge in [-0.1, -0.05) is 13.8 Å². The van der Waals surface area contributed by atoms with Crippen LogP contribution in [0.1, 0.15) is 55.3 Å². The van der Waals surface area contributed by atoms with Gasteiger partial charge in [-0.3, -0.25) is 10.00 Å². The summed E-state index contributed by atoms with van der Waals surface area (Å²) in [7, 11) is 0. The number of hydrogen-bond acceptors (Lipinski definition) is 4. The molecular weight excluding hydrogens is 398 g/mol. The van der Waals surface area contributed by atoms with Crippen LogP contribution in [0.3, 0.4) is 0 Å². The highest BCUT2D eigenvalue weighted by molar-refractivity contribution is 5.89. The fraction of sp³-hybridized carbons (Fsp3) is 0.440. The average molecular weight is 428 g/mol. The van der Waals surface area contributed by atoms with E-state index in [0.717, 1.165) is 54.8 Å². The van der Waals surface area contributed by atoms with Crippen molar-refractivity contribution in [2.75, 3.05) is 26.2 Å². The fourth-order valence-electron chi connectivity index (χ4n) is 5.01. The van der Waals surface area contributed by atoms with Crippen molar-refractivity contribution >= 4 is 16.6 Å². The molecule has 4 aromatic rings. The van der Waals surface area contributed by atoms with Gasteiger partial charge in [0.05, 0.1) is 12.1 Å². The van der Waals surface area contributed by atoms with Gasteiger partial charge in [-0.15, -0.1) is 0 Å². The number of nitrogens with zero attached hydrogens (tertiary/aromatic N) is 6. The number of aryl methyl sites for hydroxylation is 1. The Balaban J connectivity index is 1.52. The molecule has 0 saturated carbocycles. The largest absolute Gasteiger partial charge is 0.316 e. The van der Waals surface area contributed by atoms with Crippen molar-refractivity contribution in [2.45, 2.75) is 45.4 Å². The number of hydrogen-bond donors (Lipinski definition) is 1. The van der Waals surface area contributed by atoms with Gasteiger partial charge in [-0.25, -0.2) is 16.1 Å². The maximum Gasteiger partial charge on any atom is 0.227 e. The monoisotopic (exact) mass is 427 g/mol. The van der Waals surface area contributed by atoms with Gasteiger partial charge in [0, 0.05) is 28.8 Å². The van der Waals surface area contributed by atoms with Gasteiger partial charge < -0.3 is 4.85 Å². The third kappa shape index (κ3) is 3.65. The number of rotatable bonds is 5. The van der Waals surface area contributed by atoms with Gasteiger partial charge in [0.25, 0.3) is 0 Å². The topological polar surface area (TPSA) is 66.5 Å². The molecule has 0 unspecified atom stereocenters. The molecule has 0 spiro atoms. The summed E-state index contributed by atoms with van der Waals surface area (Å²) < 4.78 is 1.86. The molecular formula is C25H29N7. The van der Waals surface area contributed by atoms with Crippen molar-refractivity contribution in [1.29, 1.82) is 0 Å². The Morgan fingerprint density at radius 1 is 1.22 bits per heavy atom. The third-order valence-corrected chi connectivity index (χ3v) is 6.77. The first kappa shape index (κ1) is 20.7. The second-order valence-corrected chi connectivity index (χ2v) is 9.19. The first-order valence-electron chi connectivity index (χ1n) is 11.4. The number of benzene rings is 1. The van der Waals surface area contributed by atoms with Crippen LogP contribution in [-0.4, -0.2) is 55.9 Å². The van der Waals surface area contributed by atoms with Crippen molar-refractivity contribution in [3.63, 3.8) is 0 Å². The summed E-state index contributed by atoms with van der Waals surface area (Å²) in [5.74, 6) is 0.878. The van der Waals surface area contributed by atoms with E-state index >= 15 is 0 Å². The molecule has 3 aromatic heterocycles. The molecule has 0 bridgehead atoms. The van der Waals surface area contributed by atoms with E-state index in [1.165, 1.54) is 22.2 Å². The molecule has 1 N–H and O–H groups in total. The Kier molecular flexibility index (Phi) is 5.40. The average Bonchev–Trinajstić information content (AvgIpc) is 3.44. The Bertz CT molecular complexity index is 1300. The normalized spacial score (nSPS) is 15.7. The summed E-state index contributed by atoms with van der Waals surface area (Å²) in [6.45, 7) is 17.2. The number of likely N-dealkylation sites (tertiary alicyclic amines) is 1. The Labute approximate surface area is 188 Å². The van der Waals surface area contributed by atoms with E-state index in [-0.39, 0.29) is 0 Å². The lowest BCUT2D eigenvalue weighted by molar-refractivity contribution is 0.220. The fourth-order valence-corrected chi connectivity index (χ4v) is 5.01. The van der Waals surface area contributed by atoms with Crippen molar-refractivity contribution in [3.8, 4) is 11.1 Å². The predicted molar refractivity (Wildman–Crippen MR) is 127 cm³/mol. The highest BCUT2D eigenvalue weighted by Gasteiger charge is 2.25. The molecule has 0 aliphatic carbocycles. The smallest absolute Gasteiger partial charge is 0.227 e. The van der Waals surface area contributed by atoms with Crippen molar-refractivity contribution in [3.05, 3.63) is 59.0 Å². The molecule has 1 aliphatic heterocycles. The zero-order valence-electron chi connectivity index (χ0n) is 19.0. The lowest BCUT2D eigenvalue weighted by Gasteiger charge is -2.30. The van der Waals surface area contributed by atoms with Crippen LogP contribution in [-0.2, 0) is 0 Å². The zero-order valence-corrected chi connectivity index (χ0v) is 19.0. The Hall–Kier alpha value is -3.24. The van der Waals surface area contributed by atoms with Crippen molar-refractivity contribution in [2.24, 2.45) is 0 Å². The number of pyridine rings is 1. The number of H-pyrrole nitrogens is 1. The maximum atomic E-state index is 7.02. The van der Waals surface area contributed by atoms with Crippen LogP contribution in [0.25, 0.3) is 32.5 Å². The van der Waals surface area contributed by atoms with Crippen LogP contribution in [0.5, 0.6) is 0 Å². The van der Waals surface area contributed by atoms with Gasteiger partial charge in [-0.05, 0) is 73.7 Å². The molecule has 7 heteroatoms. The van der Waals surface area contributed by atoms with Crippen LogP contribution in [0, 0.1) is 13.5 Å². The molecule has 1 aromatic carbocycles. The molecule has 1 aliphatic rings. The standard InChI is InChI=1S/C25H29N7/c1-16(2)20-12-22-23(13-21(20)19-11-17(3)25-27-15-28-32(25)14-19)29-30-24(22)18-5-8-31(9-6-18)10-7-26-4/h11-16,18H,5-10H2,1-3H3,(H,29,30). The first-order valence-corrected chi connectivity index (χ1v) is 11.4. The molecule has 0 radical (unpaired) electrons. The van der Waals surface area contributed by atoms with Gasteiger partial charge >= 0.3 is 0 Å². The highest BCUT2D eigenvalue weighted by Crippen LogP contribution is 2.37. The van der Waals surface area contributed by atoms with E-state index < -0.39 is 0 Å². The summed E-state index contributed by atoms with van der Waals surface area (Å²) in [6, 6.07) is 6.77. The molecule has 4 heterocycles. The minimum Gasteiger partial charge on any atom is -0.316 e. The second-order valence-electron chi connectivity index (χ2n) is 9.19. The van der Waals surface area contributed by atoms with Crippen LogP contribution < -0.4 is 0 Å². The SMILES string of the molecule is [C-]#[N+]CCN1CCC(c2[nH]nc3cc(-c4cc(C)c5ncnn5c4)c(C(C)C)cc23)CC1. The predicted octanol–water partition coefficient (Wildman–Crippen LogP) is 4.80. The molecule has 164 valence electrons. The second kappa shape index (κ2) is 8.36. The van der Waals surface area contributed by atoms with Crippen LogP contribution in [0.2, 0.25) is 0 Å². The summed E-state index contributed by atoms with van der Waals surface area (Å²) in [5.41, 5.74) is 7.97. The molecule has 5 rings (SSSR count). The van der Waals surface area contributed by atoms with E-state index in [4.69, 9.17) is 11.7 Å². The highest BCUT2D eigenvalue weighted by atomic mass is 15.3. The lowest BCUT2D eigenvalue weighted by atomic mass is 9.87. The number of piperidine rings is 1. The van der Waals surface area contributed by atoms with Gasteiger partial charge in [-0.2, -0.15) is 10.2 Å². The summed E-state index contributed by atoms with van der Waals surface area (Å²) in [5, 5.41) is 13.7. The summed E-state index contributed by atoms with van der Waals surface area (Å²) in [6.07, 6.45) is 5.88. The first-order chi connectivity index (χ1) is 15.5. The zero-order chi connectivity index (χ0) is 22.2. The minimum absolute atomic E-state index is 0.388. The van der Waals surface area contributed by atoms with Crippen LogP contribution in [0.15, 0.2) is 30.7 Å². The number of aromatic nitrogens is 5. The summed E-state index contributed by atoms with van der Waals surface area (Å²) in [4.78, 5) is 10.3. The molecule has 1 fully saturated rings. The van der Waals surface area contributed by atoms with E-state index in [2.05, 4.69) is 70.1 Å². The molecule has 32 heavy (non-hydrogen) atoms. The number of fused-ring (bicyclic) bond motifs is 2. The Morgan fingerprint density at radius 3 is 2.78 bits per heavy atom. The number of aromatic amines is 1. The maximum absolute atomic E-state index is 7.02. The van der Waals surface area contributed by atoms with Gasteiger partial charge in [0.1, 0.15) is 6.33 Å². The van der Waals surface area contributed by atoms with E-state index in [0.29, 0.717) is 18.4 Å². The summed E-state index contributed by atoms with van der Waals surface area (Å²) >= 11 is 0.